The van der Waals surface area contributed by atoms with Crippen molar-refractivity contribution in [3.8, 4) is 0 Å². The molecule has 23 heavy (non-hydrogen) atoms. The highest BCUT2D eigenvalue weighted by Crippen LogP contribution is 2.21. The Bertz CT molecular complexity index is 665. The van der Waals surface area contributed by atoms with Gasteiger partial charge in [0.2, 0.25) is 0 Å². The molecule has 2 N–H and O–H groups in total. The third-order valence-electron chi connectivity index (χ3n) is 3.72. The van der Waals surface area contributed by atoms with Crippen molar-refractivity contribution in [2.45, 2.75) is 12.1 Å². The zero-order chi connectivity index (χ0) is 15.9. The number of rotatable bonds is 6. The molecule has 2 atom stereocenters. The summed E-state index contributed by atoms with van der Waals surface area (Å²) in [6.07, 6.45) is 4.57. The first-order chi connectivity index (χ1) is 11.3. The fourth-order valence-corrected chi connectivity index (χ4v) is 2.52. The molecule has 0 amide bonds. The van der Waals surface area contributed by atoms with E-state index in [4.69, 9.17) is 0 Å². The molecule has 3 aromatic rings. The maximum atomic E-state index is 10.4. The third kappa shape index (κ3) is 4.00. The summed E-state index contributed by atoms with van der Waals surface area (Å²) in [6, 6.07) is 19.6. The van der Waals surface area contributed by atoms with Gasteiger partial charge >= 0.3 is 0 Å². The van der Waals surface area contributed by atoms with Gasteiger partial charge in [-0.05, 0) is 35.4 Å². The number of pyridine rings is 2. The smallest absolute Gasteiger partial charge is 0.0915 e. The number of benzene rings is 1. The normalized spacial score (nSPS) is 13.4. The summed E-state index contributed by atoms with van der Waals surface area (Å²) in [6.45, 7) is 0.431. The van der Waals surface area contributed by atoms with Crippen LogP contribution < -0.4 is 5.32 Å². The molecule has 1 aromatic carbocycles. The highest BCUT2D eigenvalue weighted by atomic mass is 16.3. The fraction of sp³-hybridized carbons (Fsp3) is 0.158. The largest absolute Gasteiger partial charge is 0.387 e. The lowest BCUT2D eigenvalue weighted by Gasteiger charge is -2.21. The molecule has 3 rings (SSSR count). The average molecular weight is 305 g/mol. The van der Waals surface area contributed by atoms with E-state index in [9.17, 15) is 5.11 Å². The number of aliphatic hydroxyl groups is 1. The molecule has 0 aliphatic carbocycles. The van der Waals surface area contributed by atoms with Crippen molar-refractivity contribution in [1.29, 1.82) is 0 Å². The van der Waals surface area contributed by atoms with Crippen molar-refractivity contribution in [3.63, 3.8) is 0 Å². The zero-order valence-electron chi connectivity index (χ0n) is 12.7. The van der Waals surface area contributed by atoms with Gasteiger partial charge in [0.25, 0.3) is 0 Å². The van der Waals surface area contributed by atoms with Crippen LogP contribution in [0.1, 0.15) is 29.0 Å². The molecule has 0 spiro atoms. The summed E-state index contributed by atoms with van der Waals surface area (Å²) in [5.41, 5.74) is 2.90. The summed E-state index contributed by atoms with van der Waals surface area (Å²) in [4.78, 5) is 8.43. The summed E-state index contributed by atoms with van der Waals surface area (Å²) in [7, 11) is 0. The van der Waals surface area contributed by atoms with E-state index in [-0.39, 0.29) is 6.04 Å². The van der Waals surface area contributed by atoms with Crippen LogP contribution in [0.4, 0.5) is 0 Å². The van der Waals surface area contributed by atoms with Crippen LogP contribution in [-0.4, -0.2) is 21.6 Å². The van der Waals surface area contributed by atoms with Crippen LogP contribution >= 0.6 is 0 Å². The predicted octanol–water partition coefficient (Wildman–Crippen LogP) is 2.89. The number of aromatic nitrogens is 2. The number of nitrogens with zero attached hydrogens (tertiary/aromatic N) is 2. The lowest BCUT2D eigenvalue weighted by atomic mass is 10.0. The van der Waals surface area contributed by atoms with Crippen LogP contribution in [0.3, 0.4) is 0 Å². The third-order valence-corrected chi connectivity index (χ3v) is 3.72. The first-order valence-corrected chi connectivity index (χ1v) is 7.62. The van der Waals surface area contributed by atoms with Gasteiger partial charge in [-0.3, -0.25) is 9.97 Å². The van der Waals surface area contributed by atoms with E-state index in [0.29, 0.717) is 6.54 Å². The Morgan fingerprint density at radius 1 is 0.826 bits per heavy atom. The predicted molar refractivity (Wildman–Crippen MR) is 89.7 cm³/mol. The molecule has 4 heteroatoms. The number of aliphatic hydroxyl groups excluding tert-OH is 1. The second kappa shape index (κ2) is 7.63. The van der Waals surface area contributed by atoms with Gasteiger partial charge in [-0.1, -0.05) is 36.4 Å². The molecule has 0 bridgehead atoms. The van der Waals surface area contributed by atoms with Crippen molar-refractivity contribution >= 4 is 0 Å². The second-order valence-electron chi connectivity index (χ2n) is 5.30. The number of nitrogens with one attached hydrogen (secondary N) is 1. The zero-order valence-corrected chi connectivity index (χ0v) is 12.7. The van der Waals surface area contributed by atoms with Gasteiger partial charge in [-0.25, -0.2) is 0 Å². The average Bonchev–Trinajstić information content (AvgIpc) is 2.64. The van der Waals surface area contributed by atoms with Crippen LogP contribution in [-0.2, 0) is 0 Å². The first-order valence-electron chi connectivity index (χ1n) is 7.62. The highest BCUT2D eigenvalue weighted by molar-refractivity contribution is 5.27. The van der Waals surface area contributed by atoms with Crippen LogP contribution in [0.2, 0.25) is 0 Å². The van der Waals surface area contributed by atoms with E-state index in [1.165, 1.54) is 0 Å². The molecule has 0 saturated heterocycles. The second-order valence-corrected chi connectivity index (χ2v) is 5.30. The SMILES string of the molecule is O[C@H](CN[C@@H](c1ccccc1)c1ccccn1)c1ccncc1. The molecule has 0 radical (unpaired) electrons. The topological polar surface area (TPSA) is 58.0 Å². The van der Waals surface area contributed by atoms with Crippen molar-refractivity contribution < 1.29 is 5.11 Å². The van der Waals surface area contributed by atoms with E-state index in [0.717, 1.165) is 16.8 Å². The molecule has 116 valence electrons. The summed E-state index contributed by atoms with van der Waals surface area (Å²) in [5.74, 6) is 0. The highest BCUT2D eigenvalue weighted by Gasteiger charge is 2.16. The van der Waals surface area contributed by atoms with Crippen molar-refractivity contribution in [2.75, 3.05) is 6.54 Å². The Labute approximate surface area is 135 Å². The van der Waals surface area contributed by atoms with E-state index in [1.807, 2.05) is 48.5 Å². The first kappa shape index (κ1) is 15.3. The number of hydrogen-bond donors (Lipinski definition) is 2. The Kier molecular flexibility index (Phi) is 5.09. The van der Waals surface area contributed by atoms with Gasteiger partial charge in [0.05, 0.1) is 17.8 Å². The van der Waals surface area contributed by atoms with Gasteiger partial charge in [0.1, 0.15) is 0 Å². The van der Waals surface area contributed by atoms with E-state index < -0.39 is 6.10 Å². The lowest BCUT2D eigenvalue weighted by Crippen LogP contribution is -2.28. The van der Waals surface area contributed by atoms with Crippen LogP contribution in [0.15, 0.2) is 79.3 Å². The Morgan fingerprint density at radius 2 is 1.57 bits per heavy atom. The summed E-state index contributed by atoms with van der Waals surface area (Å²) in [5, 5.41) is 13.8. The molecular formula is C19H19N3O. The summed E-state index contributed by atoms with van der Waals surface area (Å²) >= 11 is 0. The van der Waals surface area contributed by atoms with E-state index >= 15 is 0 Å². The molecule has 2 aromatic heterocycles. The van der Waals surface area contributed by atoms with Gasteiger partial charge in [-0.15, -0.1) is 0 Å². The minimum Gasteiger partial charge on any atom is -0.387 e. The standard InChI is InChI=1S/C19H19N3O/c23-18(15-9-12-20-13-10-15)14-22-19(16-6-2-1-3-7-16)17-8-4-5-11-21-17/h1-13,18-19,22-23H,14H2/t18-,19+/m1/s1. The van der Waals surface area contributed by atoms with E-state index in [1.54, 1.807) is 18.6 Å². The Hall–Kier alpha value is -2.56. The van der Waals surface area contributed by atoms with Crippen molar-refractivity contribution in [2.24, 2.45) is 0 Å². The molecule has 0 aliphatic rings. The van der Waals surface area contributed by atoms with Gasteiger partial charge in [0, 0.05) is 25.1 Å². The van der Waals surface area contributed by atoms with Crippen molar-refractivity contribution in [1.82, 2.24) is 15.3 Å². The fourth-order valence-electron chi connectivity index (χ4n) is 2.52. The molecule has 0 saturated carbocycles. The van der Waals surface area contributed by atoms with Gasteiger partial charge < -0.3 is 10.4 Å². The Balaban J connectivity index is 1.77. The molecule has 0 fully saturated rings. The van der Waals surface area contributed by atoms with Gasteiger partial charge in [0.15, 0.2) is 0 Å². The van der Waals surface area contributed by atoms with Crippen LogP contribution in [0, 0.1) is 0 Å². The minimum atomic E-state index is -0.590. The van der Waals surface area contributed by atoms with Crippen LogP contribution in [0.25, 0.3) is 0 Å². The minimum absolute atomic E-state index is 0.0612. The number of hydrogen-bond acceptors (Lipinski definition) is 4. The summed E-state index contributed by atoms with van der Waals surface area (Å²) < 4.78 is 0. The van der Waals surface area contributed by atoms with Crippen LogP contribution in [0.5, 0.6) is 0 Å². The van der Waals surface area contributed by atoms with Gasteiger partial charge in [-0.2, -0.15) is 0 Å². The molecular weight excluding hydrogens is 286 g/mol. The molecule has 0 unspecified atom stereocenters. The lowest BCUT2D eigenvalue weighted by molar-refractivity contribution is 0.171. The molecule has 2 heterocycles. The maximum Gasteiger partial charge on any atom is 0.0915 e. The quantitative estimate of drug-likeness (QED) is 0.735. The molecule has 4 nitrogen and oxygen atoms in total. The maximum absolute atomic E-state index is 10.4. The van der Waals surface area contributed by atoms with Crippen molar-refractivity contribution in [3.05, 3.63) is 96.1 Å². The van der Waals surface area contributed by atoms with E-state index in [2.05, 4.69) is 27.4 Å². The molecule has 0 aliphatic heterocycles. The monoisotopic (exact) mass is 305 g/mol. The Morgan fingerprint density at radius 3 is 2.26 bits per heavy atom.